The molecule has 0 saturated carbocycles. The third-order valence-corrected chi connectivity index (χ3v) is 4.32. The first kappa shape index (κ1) is 15.6. The number of esters is 1. The summed E-state index contributed by atoms with van der Waals surface area (Å²) < 4.78 is 10.2. The second-order valence-electron chi connectivity index (χ2n) is 5.65. The topological polar surface area (TPSA) is 72.6 Å². The number of fused-ring (bicyclic) bond motifs is 1. The molecule has 7 heteroatoms. The van der Waals surface area contributed by atoms with Gasteiger partial charge in [-0.1, -0.05) is 12.1 Å². The summed E-state index contributed by atoms with van der Waals surface area (Å²) in [5.41, 5.74) is 1.48. The van der Waals surface area contributed by atoms with Crippen molar-refractivity contribution in [3.63, 3.8) is 0 Å². The number of hydrogen-bond acceptors (Lipinski definition) is 5. The van der Waals surface area contributed by atoms with Gasteiger partial charge in [0, 0.05) is 30.1 Å². The largest absolute Gasteiger partial charge is 0.465 e. The lowest BCUT2D eigenvalue weighted by Gasteiger charge is -2.17. The molecule has 23 heavy (non-hydrogen) atoms. The number of nitrogens with zero attached hydrogens (tertiary/aromatic N) is 2. The van der Waals surface area contributed by atoms with Gasteiger partial charge in [0.2, 0.25) is 0 Å². The highest BCUT2D eigenvalue weighted by Gasteiger charge is 2.45. The minimum absolute atomic E-state index is 0. The maximum Gasteiger partial charge on any atom is 0.311 e. The van der Waals surface area contributed by atoms with Crippen LogP contribution in [0.25, 0.3) is 11.3 Å². The average Bonchev–Trinajstić information content (AvgIpc) is 3.26. The molecular weight excluding hydrogens is 320 g/mol. The Balaban J connectivity index is 0.00000156. The zero-order valence-corrected chi connectivity index (χ0v) is 13.0. The second kappa shape index (κ2) is 6.04. The minimum atomic E-state index is -0.180. The zero-order chi connectivity index (χ0) is 15.1. The Bertz CT molecular complexity index is 714. The maximum atomic E-state index is 12.5. The number of carbonyl (C=O) groups excluding carboxylic acids is 2. The van der Waals surface area contributed by atoms with Crippen LogP contribution in [0.15, 0.2) is 41.3 Å². The van der Waals surface area contributed by atoms with Gasteiger partial charge in [-0.25, -0.2) is 4.98 Å². The van der Waals surface area contributed by atoms with E-state index < -0.39 is 0 Å². The van der Waals surface area contributed by atoms with E-state index in [9.17, 15) is 9.59 Å². The first-order valence-electron chi connectivity index (χ1n) is 7.17. The number of ether oxygens (including phenoxy) is 1. The standard InChI is InChI=1S/C16H14N2O4.ClH/c19-15(18-6-12-8-21-16(20)13(12)7-18)11-3-1-10(2-4-11)14-5-17-9-22-14;/h1-5,9,12-13H,6-8H2;1H/t12-,13-;/m1./s1. The number of amides is 1. The number of aromatic nitrogens is 1. The molecule has 3 heterocycles. The summed E-state index contributed by atoms with van der Waals surface area (Å²) in [6.45, 7) is 1.46. The van der Waals surface area contributed by atoms with E-state index in [-0.39, 0.29) is 36.1 Å². The molecule has 0 aliphatic carbocycles. The summed E-state index contributed by atoms with van der Waals surface area (Å²) in [5.74, 6) is 0.423. The van der Waals surface area contributed by atoms with Crippen LogP contribution in [-0.4, -0.2) is 41.5 Å². The molecule has 1 aromatic carbocycles. The van der Waals surface area contributed by atoms with Crippen LogP contribution in [0.2, 0.25) is 0 Å². The van der Waals surface area contributed by atoms with E-state index in [2.05, 4.69) is 4.98 Å². The van der Waals surface area contributed by atoms with E-state index in [1.165, 1.54) is 6.39 Å². The number of rotatable bonds is 2. The molecule has 2 atom stereocenters. The summed E-state index contributed by atoms with van der Waals surface area (Å²) in [6.07, 6.45) is 3.00. The van der Waals surface area contributed by atoms with Crippen LogP contribution in [0.3, 0.4) is 0 Å². The van der Waals surface area contributed by atoms with Gasteiger partial charge in [0.05, 0.1) is 18.7 Å². The molecule has 2 aromatic rings. The van der Waals surface area contributed by atoms with Gasteiger partial charge in [-0.05, 0) is 12.1 Å². The number of carbonyl (C=O) groups is 2. The summed E-state index contributed by atoms with van der Waals surface area (Å²) in [5, 5.41) is 0. The van der Waals surface area contributed by atoms with Gasteiger partial charge in [0.15, 0.2) is 12.2 Å². The van der Waals surface area contributed by atoms with Crippen molar-refractivity contribution in [1.82, 2.24) is 9.88 Å². The van der Waals surface area contributed by atoms with Crippen molar-refractivity contribution in [2.24, 2.45) is 11.8 Å². The fourth-order valence-corrected chi connectivity index (χ4v) is 3.09. The van der Waals surface area contributed by atoms with Crippen LogP contribution in [0.4, 0.5) is 0 Å². The van der Waals surface area contributed by atoms with Gasteiger partial charge in [0.25, 0.3) is 5.91 Å². The molecule has 2 aliphatic rings. The van der Waals surface area contributed by atoms with Gasteiger partial charge in [0.1, 0.15) is 0 Å². The van der Waals surface area contributed by atoms with Crippen LogP contribution in [0, 0.1) is 11.8 Å². The number of hydrogen-bond donors (Lipinski definition) is 0. The molecule has 0 spiro atoms. The van der Waals surface area contributed by atoms with E-state index in [1.807, 2.05) is 12.1 Å². The Morgan fingerprint density at radius 3 is 2.65 bits per heavy atom. The molecule has 120 valence electrons. The molecule has 4 rings (SSSR count). The van der Waals surface area contributed by atoms with E-state index in [0.29, 0.717) is 31.0 Å². The lowest BCUT2D eigenvalue weighted by molar-refractivity contribution is -0.141. The number of halogens is 1. The highest BCUT2D eigenvalue weighted by atomic mass is 35.5. The molecule has 0 N–H and O–H groups in total. The van der Waals surface area contributed by atoms with Crippen LogP contribution in [0.1, 0.15) is 10.4 Å². The third-order valence-electron chi connectivity index (χ3n) is 4.32. The van der Waals surface area contributed by atoms with Crippen molar-refractivity contribution < 1.29 is 18.7 Å². The van der Waals surface area contributed by atoms with Crippen molar-refractivity contribution in [3.8, 4) is 11.3 Å². The Morgan fingerprint density at radius 2 is 2.00 bits per heavy atom. The van der Waals surface area contributed by atoms with Crippen LogP contribution in [0.5, 0.6) is 0 Å². The van der Waals surface area contributed by atoms with Gasteiger partial charge >= 0.3 is 5.97 Å². The number of oxazole rings is 1. The average molecular weight is 335 g/mol. The van der Waals surface area contributed by atoms with Crippen LogP contribution < -0.4 is 0 Å². The Labute approximate surface area is 138 Å². The number of likely N-dealkylation sites (tertiary alicyclic amines) is 1. The summed E-state index contributed by atoms with van der Waals surface area (Å²) in [6, 6.07) is 7.21. The third kappa shape index (κ3) is 2.70. The quantitative estimate of drug-likeness (QED) is 0.785. The Hall–Kier alpha value is -2.34. The number of benzene rings is 1. The maximum absolute atomic E-state index is 12.5. The molecule has 2 aliphatic heterocycles. The van der Waals surface area contributed by atoms with Gasteiger partial charge < -0.3 is 14.1 Å². The van der Waals surface area contributed by atoms with Crippen molar-refractivity contribution in [3.05, 3.63) is 42.4 Å². The Kier molecular flexibility index (Phi) is 4.09. The zero-order valence-electron chi connectivity index (χ0n) is 12.2. The predicted molar refractivity (Wildman–Crippen MR) is 83.0 cm³/mol. The first-order valence-corrected chi connectivity index (χ1v) is 7.17. The smallest absolute Gasteiger partial charge is 0.311 e. The highest BCUT2D eigenvalue weighted by Crippen LogP contribution is 2.31. The van der Waals surface area contributed by atoms with E-state index in [4.69, 9.17) is 9.15 Å². The molecule has 6 nitrogen and oxygen atoms in total. The van der Waals surface area contributed by atoms with Crippen LogP contribution in [-0.2, 0) is 9.53 Å². The monoisotopic (exact) mass is 334 g/mol. The fraction of sp³-hybridized carbons (Fsp3) is 0.312. The number of cyclic esters (lactones) is 1. The molecule has 0 bridgehead atoms. The molecular formula is C16H15ClN2O4. The van der Waals surface area contributed by atoms with Crippen molar-refractivity contribution in [2.45, 2.75) is 0 Å². The molecule has 0 unspecified atom stereocenters. The summed E-state index contributed by atoms with van der Waals surface area (Å²) in [4.78, 5) is 29.7. The Morgan fingerprint density at radius 1 is 1.22 bits per heavy atom. The van der Waals surface area contributed by atoms with E-state index in [0.717, 1.165) is 5.56 Å². The molecule has 0 radical (unpaired) electrons. The lowest BCUT2D eigenvalue weighted by atomic mass is 10.0. The van der Waals surface area contributed by atoms with Gasteiger partial charge in [-0.15, -0.1) is 12.4 Å². The van der Waals surface area contributed by atoms with Crippen molar-refractivity contribution in [1.29, 1.82) is 0 Å². The predicted octanol–water partition coefficient (Wildman–Crippen LogP) is 2.01. The summed E-state index contributed by atoms with van der Waals surface area (Å²) >= 11 is 0. The second-order valence-corrected chi connectivity index (χ2v) is 5.65. The van der Waals surface area contributed by atoms with Gasteiger partial charge in [-0.2, -0.15) is 0 Å². The minimum Gasteiger partial charge on any atom is -0.465 e. The normalized spacial score (nSPS) is 22.4. The first-order chi connectivity index (χ1) is 10.7. The van der Waals surface area contributed by atoms with E-state index in [1.54, 1.807) is 23.2 Å². The molecule has 1 aromatic heterocycles. The molecule has 2 saturated heterocycles. The lowest BCUT2D eigenvalue weighted by Crippen LogP contribution is -2.30. The van der Waals surface area contributed by atoms with Gasteiger partial charge in [-0.3, -0.25) is 9.59 Å². The molecule has 2 fully saturated rings. The highest BCUT2D eigenvalue weighted by molar-refractivity contribution is 5.95. The SMILES string of the molecule is Cl.O=C1OC[C@H]2CN(C(=O)c3ccc(-c4cnco4)cc3)C[C@@H]12. The summed E-state index contributed by atoms with van der Waals surface area (Å²) in [7, 11) is 0. The fourth-order valence-electron chi connectivity index (χ4n) is 3.09. The van der Waals surface area contributed by atoms with Crippen molar-refractivity contribution in [2.75, 3.05) is 19.7 Å². The molecule has 1 amide bonds. The van der Waals surface area contributed by atoms with E-state index >= 15 is 0 Å². The van der Waals surface area contributed by atoms with Crippen LogP contribution >= 0.6 is 12.4 Å². The van der Waals surface area contributed by atoms with Crippen molar-refractivity contribution >= 4 is 24.3 Å².